The Bertz CT molecular complexity index is 334. The van der Waals surface area contributed by atoms with Crippen LogP contribution in [0.5, 0.6) is 0 Å². The van der Waals surface area contributed by atoms with Crippen molar-refractivity contribution in [1.29, 1.82) is 0 Å². The van der Waals surface area contributed by atoms with E-state index in [2.05, 4.69) is 34.1 Å². The molecule has 2 nitrogen and oxygen atoms in total. The molecule has 0 spiro atoms. The molecule has 1 aliphatic heterocycles. The predicted molar refractivity (Wildman–Crippen MR) is 64.8 cm³/mol. The predicted octanol–water partition coefficient (Wildman–Crippen LogP) is 2.36. The smallest absolute Gasteiger partial charge is 0.0538 e. The van der Waals surface area contributed by atoms with Crippen molar-refractivity contribution in [2.24, 2.45) is 11.1 Å². The number of nitrogens with two attached hydrogens (primary N) is 1. The molecular weight excluding hydrogens is 254 g/mol. The topological polar surface area (TPSA) is 35.2 Å². The van der Waals surface area contributed by atoms with Gasteiger partial charge in [-0.3, -0.25) is 0 Å². The third-order valence-corrected chi connectivity index (χ3v) is 3.91. The number of halogens is 1. The Hall–Kier alpha value is -0.380. The van der Waals surface area contributed by atoms with Crippen molar-refractivity contribution in [3.05, 3.63) is 34.3 Å². The highest BCUT2D eigenvalue weighted by molar-refractivity contribution is 9.10. The lowest BCUT2D eigenvalue weighted by molar-refractivity contribution is 0.154. The summed E-state index contributed by atoms with van der Waals surface area (Å²) in [6.07, 6.45) is 2.08. The normalized spacial score (nSPS) is 25.7. The molecule has 0 aliphatic carbocycles. The van der Waals surface area contributed by atoms with E-state index >= 15 is 0 Å². The third kappa shape index (κ3) is 2.41. The van der Waals surface area contributed by atoms with Crippen molar-refractivity contribution in [3.8, 4) is 0 Å². The average Bonchev–Trinajstić information content (AvgIpc) is 2.71. The van der Waals surface area contributed by atoms with Crippen LogP contribution in [0.1, 0.15) is 12.0 Å². The van der Waals surface area contributed by atoms with E-state index in [1.54, 1.807) is 0 Å². The Kier molecular flexibility index (Phi) is 3.44. The molecule has 2 rings (SSSR count). The lowest BCUT2D eigenvalue weighted by Gasteiger charge is -2.25. The second-order valence-corrected chi connectivity index (χ2v) is 5.13. The van der Waals surface area contributed by atoms with E-state index in [1.165, 1.54) is 10.0 Å². The molecule has 1 aliphatic rings. The van der Waals surface area contributed by atoms with Gasteiger partial charge in [-0.05, 0) is 24.5 Å². The monoisotopic (exact) mass is 269 g/mol. The summed E-state index contributed by atoms with van der Waals surface area (Å²) in [7, 11) is 0. The van der Waals surface area contributed by atoms with Crippen LogP contribution in [0.2, 0.25) is 0 Å². The molecule has 3 heteroatoms. The fourth-order valence-corrected chi connectivity index (χ4v) is 2.49. The minimum Gasteiger partial charge on any atom is -0.381 e. The second-order valence-electron chi connectivity index (χ2n) is 4.27. The maximum Gasteiger partial charge on any atom is 0.0538 e. The van der Waals surface area contributed by atoms with Crippen molar-refractivity contribution >= 4 is 15.9 Å². The van der Waals surface area contributed by atoms with Crippen LogP contribution in [-0.2, 0) is 11.2 Å². The van der Waals surface area contributed by atoms with Gasteiger partial charge in [-0.2, -0.15) is 0 Å². The van der Waals surface area contributed by atoms with Gasteiger partial charge in [0.1, 0.15) is 0 Å². The van der Waals surface area contributed by atoms with Crippen LogP contribution in [0.25, 0.3) is 0 Å². The van der Waals surface area contributed by atoms with Crippen LogP contribution in [0.15, 0.2) is 28.7 Å². The van der Waals surface area contributed by atoms with Gasteiger partial charge in [0.15, 0.2) is 0 Å². The van der Waals surface area contributed by atoms with Crippen LogP contribution >= 0.6 is 15.9 Å². The van der Waals surface area contributed by atoms with E-state index in [0.29, 0.717) is 6.54 Å². The zero-order chi connectivity index (χ0) is 10.7. The first-order valence-electron chi connectivity index (χ1n) is 5.27. The first-order chi connectivity index (χ1) is 7.26. The number of benzene rings is 1. The highest BCUT2D eigenvalue weighted by atomic mass is 79.9. The number of hydrogen-bond donors (Lipinski definition) is 1. The van der Waals surface area contributed by atoms with Gasteiger partial charge in [-0.1, -0.05) is 34.1 Å². The highest BCUT2D eigenvalue weighted by Gasteiger charge is 2.33. The maximum absolute atomic E-state index is 5.87. The van der Waals surface area contributed by atoms with Crippen molar-refractivity contribution < 1.29 is 4.74 Å². The van der Waals surface area contributed by atoms with E-state index in [1.807, 2.05) is 6.07 Å². The minimum absolute atomic E-state index is 0.157. The standard InChI is InChI=1S/C12H16BrNO/c13-11-4-2-1-3-10(11)7-12(8-14)5-6-15-9-12/h1-4H,5-9,14H2. The molecule has 1 saturated heterocycles. The second kappa shape index (κ2) is 4.64. The van der Waals surface area contributed by atoms with E-state index in [4.69, 9.17) is 10.5 Å². The molecule has 2 N–H and O–H groups in total. The summed E-state index contributed by atoms with van der Waals surface area (Å²) in [6, 6.07) is 8.34. The number of hydrogen-bond acceptors (Lipinski definition) is 2. The molecule has 1 fully saturated rings. The van der Waals surface area contributed by atoms with Crippen LogP contribution < -0.4 is 5.73 Å². The maximum atomic E-state index is 5.87. The van der Waals surface area contributed by atoms with Gasteiger partial charge in [-0.25, -0.2) is 0 Å². The first-order valence-corrected chi connectivity index (χ1v) is 6.06. The van der Waals surface area contributed by atoms with Crippen molar-refractivity contribution in [2.45, 2.75) is 12.8 Å². The fourth-order valence-electron chi connectivity index (χ4n) is 2.07. The number of rotatable bonds is 3. The van der Waals surface area contributed by atoms with Crippen molar-refractivity contribution in [1.82, 2.24) is 0 Å². The van der Waals surface area contributed by atoms with Gasteiger partial charge in [0.2, 0.25) is 0 Å². The molecule has 0 amide bonds. The summed E-state index contributed by atoms with van der Waals surface area (Å²) in [4.78, 5) is 0. The molecule has 1 atom stereocenters. The van der Waals surface area contributed by atoms with Gasteiger partial charge < -0.3 is 10.5 Å². The first kappa shape index (κ1) is 11.1. The molecule has 0 radical (unpaired) electrons. The largest absolute Gasteiger partial charge is 0.381 e. The summed E-state index contributed by atoms with van der Waals surface area (Å²) in [5.74, 6) is 0. The van der Waals surface area contributed by atoms with Gasteiger partial charge in [-0.15, -0.1) is 0 Å². The third-order valence-electron chi connectivity index (χ3n) is 3.14. The van der Waals surface area contributed by atoms with E-state index in [9.17, 15) is 0 Å². The molecule has 82 valence electrons. The lowest BCUT2D eigenvalue weighted by Crippen LogP contribution is -2.33. The summed E-state index contributed by atoms with van der Waals surface area (Å²) in [5, 5.41) is 0. The molecule has 0 saturated carbocycles. The van der Waals surface area contributed by atoms with E-state index < -0.39 is 0 Å². The molecule has 15 heavy (non-hydrogen) atoms. The summed E-state index contributed by atoms with van der Waals surface area (Å²) < 4.78 is 6.64. The molecular formula is C12H16BrNO. The van der Waals surface area contributed by atoms with Crippen LogP contribution in [0.4, 0.5) is 0 Å². The van der Waals surface area contributed by atoms with Crippen LogP contribution in [0.3, 0.4) is 0 Å². The molecule has 0 aromatic heterocycles. The zero-order valence-electron chi connectivity index (χ0n) is 8.71. The van der Waals surface area contributed by atoms with Crippen LogP contribution in [0, 0.1) is 5.41 Å². The van der Waals surface area contributed by atoms with Gasteiger partial charge in [0.25, 0.3) is 0 Å². The van der Waals surface area contributed by atoms with Gasteiger partial charge in [0.05, 0.1) is 6.61 Å². The summed E-state index contributed by atoms with van der Waals surface area (Å²) >= 11 is 3.58. The Labute approximate surface area is 98.9 Å². The van der Waals surface area contributed by atoms with E-state index in [-0.39, 0.29) is 5.41 Å². The zero-order valence-corrected chi connectivity index (χ0v) is 10.3. The van der Waals surface area contributed by atoms with Gasteiger partial charge >= 0.3 is 0 Å². The van der Waals surface area contributed by atoms with E-state index in [0.717, 1.165) is 26.1 Å². The molecule has 0 bridgehead atoms. The minimum atomic E-state index is 0.157. The summed E-state index contributed by atoms with van der Waals surface area (Å²) in [6.45, 7) is 2.35. The fraction of sp³-hybridized carbons (Fsp3) is 0.500. The number of ether oxygens (including phenoxy) is 1. The van der Waals surface area contributed by atoms with Gasteiger partial charge in [0, 0.05) is 23.0 Å². The molecule has 1 aromatic rings. The Morgan fingerprint density at radius 2 is 2.20 bits per heavy atom. The van der Waals surface area contributed by atoms with Crippen molar-refractivity contribution in [2.75, 3.05) is 19.8 Å². The molecule has 1 aromatic carbocycles. The average molecular weight is 270 g/mol. The SMILES string of the molecule is NCC1(Cc2ccccc2Br)CCOC1. The Morgan fingerprint density at radius 3 is 2.80 bits per heavy atom. The van der Waals surface area contributed by atoms with Crippen molar-refractivity contribution in [3.63, 3.8) is 0 Å². The Morgan fingerprint density at radius 1 is 1.40 bits per heavy atom. The molecule has 1 heterocycles. The lowest BCUT2D eigenvalue weighted by atomic mass is 9.81. The highest BCUT2D eigenvalue weighted by Crippen LogP contribution is 2.33. The molecule has 1 unspecified atom stereocenters. The van der Waals surface area contributed by atoms with Crippen LogP contribution in [-0.4, -0.2) is 19.8 Å². The Balaban J connectivity index is 2.16. The quantitative estimate of drug-likeness (QED) is 0.915. The summed E-state index contributed by atoms with van der Waals surface area (Å²) in [5.41, 5.74) is 7.36.